The molecule has 0 radical (unpaired) electrons. The molecule has 2 rings (SSSR count). The van der Waals surface area contributed by atoms with Gasteiger partial charge in [-0.3, -0.25) is 13.9 Å². The van der Waals surface area contributed by atoms with Crippen LogP contribution in [0.2, 0.25) is 0 Å². The fraction of sp³-hybridized carbons (Fsp3) is 0.583. The van der Waals surface area contributed by atoms with E-state index in [1.807, 2.05) is 6.92 Å². The van der Waals surface area contributed by atoms with Crippen LogP contribution in [0.1, 0.15) is 13.8 Å². The highest BCUT2D eigenvalue weighted by Gasteiger charge is 2.18. The monoisotopic (exact) mass is 281 g/mol. The van der Waals surface area contributed by atoms with Crippen LogP contribution in [0.3, 0.4) is 0 Å². The molecular weight excluding hydrogens is 262 g/mol. The van der Waals surface area contributed by atoms with E-state index in [-0.39, 0.29) is 5.56 Å². The van der Waals surface area contributed by atoms with E-state index in [4.69, 9.17) is 0 Å². The first-order chi connectivity index (χ1) is 9.38. The molecule has 8 heteroatoms. The first-order valence-corrected chi connectivity index (χ1v) is 6.46. The zero-order valence-electron chi connectivity index (χ0n) is 12.0. The van der Waals surface area contributed by atoms with Crippen LogP contribution in [-0.2, 0) is 20.6 Å². The van der Waals surface area contributed by atoms with E-state index >= 15 is 0 Å². The van der Waals surface area contributed by atoms with Crippen LogP contribution in [0.15, 0.2) is 9.59 Å². The second-order valence-corrected chi connectivity index (χ2v) is 4.79. The van der Waals surface area contributed by atoms with E-state index in [1.165, 1.54) is 11.6 Å². The summed E-state index contributed by atoms with van der Waals surface area (Å²) in [6, 6.07) is 0. The second-order valence-electron chi connectivity index (χ2n) is 4.79. The predicted octanol–water partition coefficient (Wildman–Crippen LogP) is -0.754. The SMILES string of the molecule is CCn1c(NC[C@H](C)O)nc2c1c(=O)n(C)c(=O)n2C. The average Bonchev–Trinajstić information content (AvgIpc) is 2.79. The molecule has 0 aliphatic rings. The zero-order chi connectivity index (χ0) is 15.0. The van der Waals surface area contributed by atoms with Gasteiger partial charge in [-0.25, -0.2) is 4.79 Å². The van der Waals surface area contributed by atoms with Crippen LogP contribution < -0.4 is 16.6 Å². The third-order valence-corrected chi connectivity index (χ3v) is 3.22. The van der Waals surface area contributed by atoms with Gasteiger partial charge in [-0.1, -0.05) is 0 Å². The Morgan fingerprint density at radius 1 is 1.30 bits per heavy atom. The summed E-state index contributed by atoms with van der Waals surface area (Å²) in [5.74, 6) is 0.474. The average molecular weight is 281 g/mol. The first-order valence-electron chi connectivity index (χ1n) is 6.46. The van der Waals surface area contributed by atoms with Gasteiger partial charge in [0, 0.05) is 27.2 Å². The number of aliphatic hydroxyl groups is 1. The lowest BCUT2D eigenvalue weighted by molar-refractivity contribution is 0.208. The zero-order valence-corrected chi connectivity index (χ0v) is 12.0. The molecule has 1 atom stereocenters. The fourth-order valence-corrected chi connectivity index (χ4v) is 2.13. The van der Waals surface area contributed by atoms with Crippen molar-refractivity contribution in [2.75, 3.05) is 11.9 Å². The summed E-state index contributed by atoms with van der Waals surface area (Å²) >= 11 is 0. The molecule has 2 N–H and O–H groups in total. The number of hydrogen-bond acceptors (Lipinski definition) is 5. The minimum atomic E-state index is -0.535. The van der Waals surface area contributed by atoms with E-state index in [1.54, 1.807) is 18.5 Å². The summed E-state index contributed by atoms with van der Waals surface area (Å²) < 4.78 is 4.12. The third kappa shape index (κ3) is 2.11. The molecule has 2 heterocycles. The van der Waals surface area contributed by atoms with Gasteiger partial charge in [-0.15, -0.1) is 0 Å². The maximum Gasteiger partial charge on any atom is 0.332 e. The van der Waals surface area contributed by atoms with Crippen LogP contribution in [0.5, 0.6) is 0 Å². The highest BCUT2D eigenvalue weighted by atomic mass is 16.3. The lowest BCUT2D eigenvalue weighted by atomic mass is 10.4. The van der Waals surface area contributed by atoms with Crippen molar-refractivity contribution in [1.29, 1.82) is 0 Å². The van der Waals surface area contributed by atoms with Gasteiger partial charge < -0.3 is 15.0 Å². The first kappa shape index (κ1) is 14.3. The maximum absolute atomic E-state index is 12.2. The number of nitrogens with zero attached hydrogens (tertiary/aromatic N) is 4. The van der Waals surface area contributed by atoms with Gasteiger partial charge in [0.25, 0.3) is 5.56 Å². The van der Waals surface area contributed by atoms with Crippen molar-refractivity contribution >= 4 is 17.1 Å². The largest absolute Gasteiger partial charge is 0.392 e. The molecule has 0 saturated carbocycles. The van der Waals surface area contributed by atoms with E-state index in [2.05, 4.69) is 10.3 Å². The molecular formula is C12H19N5O3. The normalized spacial score (nSPS) is 12.8. The van der Waals surface area contributed by atoms with Crippen molar-refractivity contribution in [3.05, 3.63) is 20.8 Å². The molecule has 8 nitrogen and oxygen atoms in total. The van der Waals surface area contributed by atoms with E-state index < -0.39 is 11.8 Å². The van der Waals surface area contributed by atoms with E-state index in [0.29, 0.717) is 30.2 Å². The number of aromatic nitrogens is 4. The molecule has 0 aliphatic carbocycles. The Balaban J connectivity index is 2.75. The Morgan fingerprint density at radius 2 is 1.95 bits per heavy atom. The number of anilines is 1. The van der Waals surface area contributed by atoms with Crippen molar-refractivity contribution in [2.24, 2.45) is 14.1 Å². The number of aliphatic hydroxyl groups excluding tert-OH is 1. The Labute approximate surface area is 115 Å². The molecule has 0 aromatic carbocycles. The number of aryl methyl sites for hydroxylation is 2. The molecule has 20 heavy (non-hydrogen) atoms. The minimum Gasteiger partial charge on any atom is -0.392 e. The lowest BCUT2D eigenvalue weighted by Crippen LogP contribution is -2.37. The highest BCUT2D eigenvalue weighted by Crippen LogP contribution is 2.15. The molecule has 0 saturated heterocycles. The Morgan fingerprint density at radius 3 is 2.50 bits per heavy atom. The Hall–Kier alpha value is -2.09. The number of fused-ring (bicyclic) bond motifs is 1. The lowest BCUT2D eigenvalue weighted by Gasteiger charge is -2.09. The van der Waals surface area contributed by atoms with Gasteiger partial charge in [0.2, 0.25) is 5.95 Å². The van der Waals surface area contributed by atoms with Gasteiger partial charge >= 0.3 is 5.69 Å². The second kappa shape index (κ2) is 5.12. The quantitative estimate of drug-likeness (QED) is 0.769. The summed E-state index contributed by atoms with van der Waals surface area (Å²) in [6.45, 7) is 4.39. The highest BCUT2D eigenvalue weighted by molar-refractivity contribution is 5.74. The smallest absolute Gasteiger partial charge is 0.332 e. The molecule has 0 bridgehead atoms. The summed E-state index contributed by atoms with van der Waals surface area (Å²) in [5, 5.41) is 12.3. The third-order valence-electron chi connectivity index (χ3n) is 3.22. The number of nitrogens with one attached hydrogen (secondary N) is 1. The van der Waals surface area contributed by atoms with Crippen LogP contribution in [0.25, 0.3) is 11.2 Å². The molecule has 2 aromatic rings. The fourth-order valence-electron chi connectivity index (χ4n) is 2.13. The van der Waals surface area contributed by atoms with Crippen LogP contribution in [0.4, 0.5) is 5.95 Å². The minimum absolute atomic E-state index is 0.317. The van der Waals surface area contributed by atoms with Gasteiger partial charge in [0.15, 0.2) is 11.2 Å². The maximum atomic E-state index is 12.2. The van der Waals surface area contributed by atoms with Crippen molar-refractivity contribution in [1.82, 2.24) is 18.7 Å². The van der Waals surface area contributed by atoms with Crippen LogP contribution in [0, 0.1) is 0 Å². The summed E-state index contributed by atoms with van der Waals surface area (Å²) in [6.07, 6.45) is -0.535. The Bertz CT molecular complexity index is 753. The molecule has 0 spiro atoms. The van der Waals surface area contributed by atoms with E-state index in [0.717, 1.165) is 4.57 Å². The van der Waals surface area contributed by atoms with Crippen molar-refractivity contribution in [3.63, 3.8) is 0 Å². The number of imidazole rings is 1. The molecule has 2 aromatic heterocycles. The predicted molar refractivity (Wildman–Crippen MR) is 76.1 cm³/mol. The summed E-state index contributed by atoms with van der Waals surface area (Å²) in [5.41, 5.74) is -0.0638. The van der Waals surface area contributed by atoms with Crippen molar-refractivity contribution in [3.8, 4) is 0 Å². The molecule has 0 unspecified atom stereocenters. The van der Waals surface area contributed by atoms with E-state index in [9.17, 15) is 14.7 Å². The van der Waals surface area contributed by atoms with Crippen molar-refractivity contribution in [2.45, 2.75) is 26.5 Å². The number of hydrogen-bond donors (Lipinski definition) is 2. The summed E-state index contributed by atoms with van der Waals surface area (Å²) in [7, 11) is 3.02. The van der Waals surface area contributed by atoms with Crippen LogP contribution >= 0.6 is 0 Å². The van der Waals surface area contributed by atoms with Gasteiger partial charge in [0.05, 0.1) is 6.10 Å². The van der Waals surface area contributed by atoms with Gasteiger partial charge in [0.1, 0.15) is 0 Å². The van der Waals surface area contributed by atoms with Crippen LogP contribution in [-0.4, -0.2) is 36.4 Å². The van der Waals surface area contributed by atoms with Gasteiger partial charge in [-0.05, 0) is 13.8 Å². The van der Waals surface area contributed by atoms with Gasteiger partial charge in [-0.2, -0.15) is 4.98 Å². The van der Waals surface area contributed by atoms with Crippen molar-refractivity contribution < 1.29 is 5.11 Å². The molecule has 0 amide bonds. The molecule has 0 aliphatic heterocycles. The number of rotatable bonds is 4. The summed E-state index contributed by atoms with van der Waals surface area (Å²) in [4.78, 5) is 28.4. The molecule has 110 valence electrons. The Kier molecular flexibility index (Phi) is 3.67. The topological polar surface area (TPSA) is 94.1 Å². The standard InChI is InChI=1S/C12H19N5O3/c1-5-17-8-9(14-11(17)13-6-7(2)18)15(3)12(20)16(4)10(8)19/h7,18H,5-6H2,1-4H3,(H,13,14)/t7-/m0/s1. The molecule has 0 fully saturated rings.